The van der Waals surface area contributed by atoms with E-state index in [2.05, 4.69) is 53.5 Å². The standard InChI is InChI=1S/C14H20BrN3/c1-9(2)6-10(8-16)14-17-12-7-11(15)4-5-13(12)18(14)3/h4-5,7,9-10H,6,8,16H2,1-3H3. The molecule has 0 aliphatic heterocycles. The van der Waals surface area contributed by atoms with Crippen LogP contribution in [0.25, 0.3) is 11.0 Å². The number of aryl methyl sites for hydroxylation is 1. The summed E-state index contributed by atoms with van der Waals surface area (Å²) in [5, 5.41) is 0. The molecule has 0 fully saturated rings. The number of rotatable bonds is 4. The van der Waals surface area contributed by atoms with Crippen LogP contribution in [0.1, 0.15) is 32.0 Å². The molecule has 1 unspecified atom stereocenters. The van der Waals surface area contributed by atoms with E-state index in [1.54, 1.807) is 0 Å². The number of imidazole rings is 1. The molecule has 0 radical (unpaired) electrons. The molecule has 2 N–H and O–H groups in total. The maximum atomic E-state index is 5.91. The predicted octanol–water partition coefficient (Wildman–Crippen LogP) is 3.42. The van der Waals surface area contributed by atoms with Crippen LogP contribution in [0.3, 0.4) is 0 Å². The lowest BCUT2D eigenvalue weighted by Gasteiger charge is -2.16. The fourth-order valence-electron chi connectivity index (χ4n) is 2.43. The van der Waals surface area contributed by atoms with Crippen LogP contribution in [0.5, 0.6) is 0 Å². The van der Waals surface area contributed by atoms with Gasteiger partial charge in [-0.15, -0.1) is 0 Å². The number of halogens is 1. The van der Waals surface area contributed by atoms with Gasteiger partial charge >= 0.3 is 0 Å². The first kappa shape index (κ1) is 13.6. The molecule has 0 saturated carbocycles. The quantitative estimate of drug-likeness (QED) is 0.940. The highest BCUT2D eigenvalue weighted by molar-refractivity contribution is 9.10. The molecule has 0 aliphatic carbocycles. The molecule has 1 aromatic carbocycles. The van der Waals surface area contributed by atoms with Crippen molar-refractivity contribution >= 4 is 27.0 Å². The summed E-state index contributed by atoms with van der Waals surface area (Å²) in [7, 11) is 2.07. The van der Waals surface area contributed by atoms with Crippen molar-refractivity contribution in [1.82, 2.24) is 9.55 Å². The largest absolute Gasteiger partial charge is 0.331 e. The van der Waals surface area contributed by atoms with Crippen LogP contribution >= 0.6 is 15.9 Å². The topological polar surface area (TPSA) is 43.8 Å². The van der Waals surface area contributed by atoms with E-state index in [1.807, 2.05) is 6.07 Å². The third-order valence-electron chi connectivity index (χ3n) is 3.28. The number of nitrogens with zero attached hydrogens (tertiary/aromatic N) is 2. The second-order valence-corrected chi connectivity index (χ2v) is 6.14. The average Bonchev–Trinajstić information content (AvgIpc) is 2.63. The Bertz CT molecular complexity index is 545. The molecule has 1 heterocycles. The minimum Gasteiger partial charge on any atom is -0.331 e. The summed E-state index contributed by atoms with van der Waals surface area (Å²) >= 11 is 3.49. The third-order valence-corrected chi connectivity index (χ3v) is 3.78. The highest BCUT2D eigenvalue weighted by atomic mass is 79.9. The highest BCUT2D eigenvalue weighted by Crippen LogP contribution is 2.26. The van der Waals surface area contributed by atoms with Crippen molar-refractivity contribution in [3.8, 4) is 0 Å². The Morgan fingerprint density at radius 1 is 1.39 bits per heavy atom. The molecular weight excluding hydrogens is 290 g/mol. The summed E-state index contributed by atoms with van der Waals surface area (Å²) in [6.45, 7) is 5.10. The van der Waals surface area contributed by atoms with Gasteiger partial charge in [0.2, 0.25) is 0 Å². The van der Waals surface area contributed by atoms with Crippen molar-refractivity contribution in [1.29, 1.82) is 0 Å². The molecule has 2 aromatic rings. The first-order valence-electron chi connectivity index (χ1n) is 6.35. The SMILES string of the molecule is CC(C)CC(CN)c1nc2cc(Br)ccc2n1C. The van der Waals surface area contributed by atoms with Crippen molar-refractivity contribution in [3.63, 3.8) is 0 Å². The number of nitrogens with two attached hydrogens (primary N) is 1. The fraction of sp³-hybridized carbons (Fsp3) is 0.500. The molecule has 98 valence electrons. The van der Waals surface area contributed by atoms with E-state index in [0.717, 1.165) is 27.8 Å². The second kappa shape index (κ2) is 5.41. The van der Waals surface area contributed by atoms with Crippen LogP contribution in [0.4, 0.5) is 0 Å². The molecule has 0 amide bonds. The molecular formula is C14H20BrN3. The Morgan fingerprint density at radius 2 is 2.11 bits per heavy atom. The molecule has 4 heteroatoms. The molecule has 2 rings (SSSR count). The summed E-state index contributed by atoms with van der Waals surface area (Å²) in [6.07, 6.45) is 1.08. The van der Waals surface area contributed by atoms with Crippen molar-refractivity contribution < 1.29 is 0 Å². The van der Waals surface area contributed by atoms with Crippen molar-refractivity contribution in [3.05, 3.63) is 28.5 Å². The average molecular weight is 310 g/mol. The maximum Gasteiger partial charge on any atom is 0.114 e. The van der Waals surface area contributed by atoms with Gasteiger partial charge in [-0.25, -0.2) is 4.98 Å². The summed E-state index contributed by atoms with van der Waals surface area (Å²) in [6, 6.07) is 6.20. The summed E-state index contributed by atoms with van der Waals surface area (Å²) in [5.41, 5.74) is 8.11. The molecule has 18 heavy (non-hydrogen) atoms. The van der Waals surface area contributed by atoms with Gasteiger partial charge in [0, 0.05) is 24.0 Å². The van der Waals surface area contributed by atoms with Crippen LogP contribution in [0.15, 0.2) is 22.7 Å². The van der Waals surface area contributed by atoms with Gasteiger partial charge in [-0.1, -0.05) is 29.8 Å². The van der Waals surface area contributed by atoms with Gasteiger partial charge in [0.1, 0.15) is 5.82 Å². The zero-order chi connectivity index (χ0) is 13.3. The smallest absolute Gasteiger partial charge is 0.114 e. The molecule has 3 nitrogen and oxygen atoms in total. The van der Waals surface area contributed by atoms with E-state index < -0.39 is 0 Å². The highest BCUT2D eigenvalue weighted by Gasteiger charge is 2.18. The van der Waals surface area contributed by atoms with Crippen molar-refractivity contribution in [2.75, 3.05) is 6.54 Å². The van der Waals surface area contributed by atoms with Gasteiger partial charge in [0.25, 0.3) is 0 Å². The minimum atomic E-state index is 0.334. The zero-order valence-corrected chi connectivity index (χ0v) is 12.7. The van der Waals surface area contributed by atoms with Crippen LogP contribution in [-0.2, 0) is 7.05 Å². The number of benzene rings is 1. The van der Waals surface area contributed by atoms with E-state index >= 15 is 0 Å². The Morgan fingerprint density at radius 3 is 2.72 bits per heavy atom. The molecule has 0 aliphatic rings. The molecule has 1 aromatic heterocycles. The van der Waals surface area contributed by atoms with Crippen LogP contribution < -0.4 is 5.73 Å². The van der Waals surface area contributed by atoms with Gasteiger partial charge in [-0.3, -0.25) is 0 Å². The minimum absolute atomic E-state index is 0.334. The van der Waals surface area contributed by atoms with Gasteiger partial charge in [0.05, 0.1) is 11.0 Å². The lowest BCUT2D eigenvalue weighted by molar-refractivity contribution is 0.480. The van der Waals surface area contributed by atoms with E-state index in [9.17, 15) is 0 Å². The number of hydrogen-bond acceptors (Lipinski definition) is 2. The first-order chi connectivity index (χ1) is 8.52. The lowest BCUT2D eigenvalue weighted by Crippen LogP contribution is -2.18. The van der Waals surface area contributed by atoms with Gasteiger partial charge < -0.3 is 10.3 Å². The molecule has 0 bridgehead atoms. The summed E-state index contributed by atoms with van der Waals surface area (Å²) in [5.74, 6) is 2.06. The number of aromatic nitrogens is 2. The van der Waals surface area contributed by atoms with Gasteiger partial charge in [-0.2, -0.15) is 0 Å². The van der Waals surface area contributed by atoms with Crippen LogP contribution in [0, 0.1) is 5.92 Å². The van der Waals surface area contributed by atoms with Gasteiger partial charge in [0.15, 0.2) is 0 Å². The fourth-order valence-corrected chi connectivity index (χ4v) is 2.78. The molecule has 0 saturated heterocycles. The summed E-state index contributed by atoms with van der Waals surface area (Å²) < 4.78 is 3.23. The Kier molecular flexibility index (Phi) is 4.07. The Labute approximate surface area is 117 Å². The number of fused-ring (bicyclic) bond motifs is 1. The van der Waals surface area contributed by atoms with Crippen LogP contribution in [-0.4, -0.2) is 16.1 Å². The summed E-state index contributed by atoms with van der Waals surface area (Å²) in [4.78, 5) is 4.75. The first-order valence-corrected chi connectivity index (χ1v) is 7.14. The van der Waals surface area contributed by atoms with Gasteiger partial charge in [-0.05, 0) is 30.5 Å². The maximum absolute atomic E-state index is 5.91. The van der Waals surface area contributed by atoms with E-state index in [-0.39, 0.29) is 0 Å². The lowest BCUT2D eigenvalue weighted by atomic mass is 9.96. The molecule has 1 atom stereocenters. The van der Waals surface area contributed by atoms with E-state index in [0.29, 0.717) is 18.4 Å². The predicted molar refractivity (Wildman–Crippen MR) is 79.7 cm³/mol. The number of hydrogen-bond donors (Lipinski definition) is 1. The van der Waals surface area contributed by atoms with E-state index in [4.69, 9.17) is 10.7 Å². The molecule has 0 spiro atoms. The second-order valence-electron chi connectivity index (χ2n) is 5.22. The normalized spacial score (nSPS) is 13.4. The van der Waals surface area contributed by atoms with Crippen molar-refractivity contribution in [2.45, 2.75) is 26.2 Å². The Balaban J connectivity index is 2.46. The van der Waals surface area contributed by atoms with Crippen molar-refractivity contribution in [2.24, 2.45) is 18.7 Å². The van der Waals surface area contributed by atoms with E-state index in [1.165, 1.54) is 0 Å². The van der Waals surface area contributed by atoms with Crippen LogP contribution in [0.2, 0.25) is 0 Å². The third kappa shape index (κ3) is 2.59. The monoisotopic (exact) mass is 309 g/mol. The Hall–Kier alpha value is -0.870. The zero-order valence-electron chi connectivity index (χ0n) is 11.2.